The van der Waals surface area contributed by atoms with E-state index in [0.29, 0.717) is 43.9 Å². The number of imide groups is 1. The molecule has 1 N–H and O–H groups in total. The minimum absolute atomic E-state index is 0.0275. The fraction of sp³-hybridized carbons (Fsp3) is 0.429. The number of aromatic carboxylic acids is 1. The van der Waals surface area contributed by atoms with Crippen LogP contribution in [-0.2, 0) is 16.1 Å². The number of halogens is 1. The lowest BCUT2D eigenvalue weighted by Gasteiger charge is -2.38. The fourth-order valence-corrected chi connectivity index (χ4v) is 4.35. The molecule has 1 unspecified atom stereocenters. The molecule has 1 atom stereocenters. The summed E-state index contributed by atoms with van der Waals surface area (Å²) in [4.78, 5) is 52.9. The summed E-state index contributed by atoms with van der Waals surface area (Å²) in [7, 11) is 1.48. The summed E-state index contributed by atoms with van der Waals surface area (Å²) in [5, 5.41) is 9.30. The second-order valence-electron chi connectivity index (χ2n) is 7.82. The first-order valence-electron chi connectivity index (χ1n) is 10.1. The van der Waals surface area contributed by atoms with Gasteiger partial charge in [-0.1, -0.05) is 0 Å². The van der Waals surface area contributed by atoms with Crippen molar-refractivity contribution in [3.05, 3.63) is 39.9 Å². The van der Waals surface area contributed by atoms with Crippen molar-refractivity contribution in [2.45, 2.75) is 25.9 Å². The molecule has 31 heavy (non-hydrogen) atoms. The molecule has 164 valence electrons. The number of aryl methyl sites for hydroxylation is 1. The molecule has 0 bridgehead atoms. The number of anilines is 1. The first kappa shape index (κ1) is 21.0. The van der Waals surface area contributed by atoms with Crippen LogP contribution in [0.3, 0.4) is 0 Å². The Kier molecular flexibility index (Phi) is 5.26. The minimum atomic E-state index is -1.35. The maximum atomic E-state index is 15.0. The maximum Gasteiger partial charge on any atom is 0.341 e. The van der Waals surface area contributed by atoms with Gasteiger partial charge in [0.1, 0.15) is 11.4 Å². The van der Waals surface area contributed by atoms with E-state index in [1.807, 2.05) is 16.7 Å². The number of carbonyl (C=O) groups is 3. The van der Waals surface area contributed by atoms with Crippen molar-refractivity contribution >= 4 is 34.4 Å². The number of hydrogen-bond acceptors (Lipinski definition) is 6. The summed E-state index contributed by atoms with van der Waals surface area (Å²) < 4.78 is 16.6. The highest BCUT2D eigenvalue weighted by atomic mass is 19.1. The summed E-state index contributed by atoms with van der Waals surface area (Å²) in [5.74, 6) is -2.36. The van der Waals surface area contributed by atoms with E-state index in [1.165, 1.54) is 13.2 Å². The Hall–Kier alpha value is -3.27. The lowest BCUT2D eigenvalue weighted by Crippen LogP contribution is -2.52. The van der Waals surface area contributed by atoms with Crippen molar-refractivity contribution in [2.75, 3.05) is 38.1 Å². The summed E-state index contributed by atoms with van der Waals surface area (Å²) >= 11 is 0. The number of piperazine rings is 1. The third-order valence-electron chi connectivity index (χ3n) is 6.17. The molecule has 4 rings (SSSR count). The molecule has 2 saturated heterocycles. The molecule has 0 aliphatic carbocycles. The second-order valence-corrected chi connectivity index (χ2v) is 7.82. The van der Waals surface area contributed by atoms with Gasteiger partial charge >= 0.3 is 5.97 Å². The van der Waals surface area contributed by atoms with Gasteiger partial charge in [0.15, 0.2) is 0 Å². The van der Waals surface area contributed by atoms with Crippen LogP contribution < -0.4 is 10.3 Å². The maximum absolute atomic E-state index is 15.0. The van der Waals surface area contributed by atoms with Crippen LogP contribution in [0.2, 0.25) is 0 Å². The average Bonchev–Trinajstić information content (AvgIpc) is 3.01. The van der Waals surface area contributed by atoms with Crippen molar-refractivity contribution in [3.8, 4) is 0 Å². The smallest absolute Gasteiger partial charge is 0.341 e. The zero-order valence-electron chi connectivity index (χ0n) is 17.3. The van der Waals surface area contributed by atoms with Crippen LogP contribution >= 0.6 is 0 Å². The van der Waals surface area contributed by atoms with Gasteiger partial charge in [0, 0.05) is 51.4 Å². The number of amides is 2. The Bertz CT molecular complexity index is 1150. The van der Waals surface area contributed by atoms with E-state index in [0.717, 1.165) is 11.0 Å². The average molecular weight is 430 g/mol. The van der Waals surface area contributed by atoms with Crippen molar-refractivity contribution in [1.82, 2.24) is 14.4 Å². The molecule has 0 radical (unpaired) electrons. The molecule has 2 amide bonds. The molecule has 1 aromatic heterocycles. The summed E-state index contributed by atoms with van der Waals surface area (Å²) in [6.45, 7) is 4.12. The van der Waals surface area contributed by atoms with E-state index in [-0.39, 0.29) is 23.6 Å². The molecule has 10 heteroatoms. The van der Waals surface area contributed by atoms with E-state index in [4.69, 9.17) is 0 Å². The molecular formula is C21H23FN4O5. The molecule has 2 aliphatic heterocycles. The number of nitrogens with zero attached hydrogens (tertiary/aromatic N) is 4. The number of benzene rings is 1. The topological polar surface area (TPSA) is 103 Å². The first-order valence-corrected chi connectivity index (χ1v) is 10.1. The van der Waals surface area contributed by atoms with Gasteiger partial charge in [0.25, 0.3) is 0 Å². The van der Waals surface area contributed by atoms with Crippen LogP contribution in [0.1, 0.15) is 23.7 Å². The largest absolute Gasteiger partial charge is 0.477 e. The molecule has 2 fully saturated rings. The minimum Gasteiger partial charge on any atom is -0.477 e. The second kappa shape index (κ2) is 7.77. The van der Waals surface area contributed by atoms with E-state index >= 15 is 0 Å². The van der Waals surface area contributed by atoms with Gasteiger partial charge in [0.05, 0.1) is 23.7 Å². The zero-order valence-corrected chi connectivity index (χ0v) is 17.3. The molecule has 3 heterocycles. The van der Waals surface area contributed by atoms with Crippen LogP contribution in [-0.4, -0.2) is 76.5 Å². The zero-order chi connectivity index (χ0) is 22.4. The van der Waals surface area contributed by atoms with Crippen molar-refractivity contribution < 1.29 is 23.9 Å². The van der Waals surface area contributed by atoms with Crippen molar-refractivity contribution in [1.29, 1.82) is 0 Å². The predicted molar refractivity (Wildman–Crippen MR) is 111 cm³/mol. The van der Waals surface area contributed by atoms with Crippen LogP contribution in [0.25, 0.3) is 10.9 Å². The third kappa shape index (κ3) is 3.46. The van der Waals surface area contributed by atoms with Crippen LogP contribution in [0.5, 0.6) is 0 Å². The number of hydrogen-bond donors (Lipinski definition) is 1. The molecule has 0 saturated carbocycles. The fourth-order valence-electron chi connectivity index (χ4n) is 4.35. The molecule has 9 nitrogen and oxygen atoms in total. The Labute approximate surface area is 177 Å². The Balaban J connectivity index is 1.62. The van der Waals surface area contributed by atoms with E-state index < -0.39 is 28.8 Å². The van der Waals surface area contributed by atoms with Crippen molar-refractivity contribution in [3.63, 3.8) is 0 Å². The summed E-state index contributed by atoms with van der Waals surface area (Å²) in [5.41, 5.74) is -0.316. The van der Waals surface area contributed by atoms with E-state index in [9.17, 15) is 28.7 Å². The SMILES string of the molecule is CCn1cc(C(=O)O)c(=O)c2cc(F)c(N3CCN(C4CC(=O)N(C)C4=O)CC3)cc21. The third-order valence-corrected chi connectivity index (χ3v) is 6.17. The van der Waals surface area contributed by atoms with Gasteiger partial charge in [-0.25, -0.2) is 9.18 Å². The quantitative estimate of drug-likeness (QED) is 0.714. The number of carbonyl (C=O) groups excluding carboxylic acids is 2. The normalized spacial score (nSPS) is 20.2. The number of aromatic nitrogens is 1. The standard InChI is InChI=1S/C21H23FN4O5/c1-3-24-11-13(21(30)31)19(28)12-8-14(22)16(9-15(12)24)25-4-6-26(7-5-25)17-10-18(27)23(2)20(17)29/h8-9,11,17H,3-7,10H2,1-2H3,(H,30,31). The highest BCUT2D eigenvalue weighted by molar-refractivity contribution is 6.05. The van der Waals surface area contributed by atoms with Gasteiger partial charge in [0.2, 0.25) is 17.2 Å². The monoisotopic (exact) mass is 430 g/mol. The highest BCUT2D eigenvalue weighted by Gasteiger charge is 2.40. The Morgan fingerprint density at radius 1 is 1.16 bits per heavy atom. The summed E-state index contributed by atoms with van der Waals surface area (Å²) in [6, 6.07) is 2.21. The van der Waals surface area contributed by atoms with Crippen LogP contribution in [0.15, 0.2) is 23.1 Å². The molecule has 2 aliphatic rings. The first-order chi connectivity index (χ1) is 14.7. The van der Waals surface area contributed by atoms with Gasteiger partial charge in [-0.3, -0.25) is 24.2 Å². The van der Waals surface area contributed by atoms with Gasteiger partial charge in [-0.2, -0.15) is 0 Å². The number of carboxylic acid groups (broad SMARTS) is 1. The molecule has 1 aromatic carbocycles. The number of fused-ring (bicyclic) bond motifs is 1. The van der Waals surface area contributed by atoms with Gasteiger partial charge < -0.3 is 14.6 Å². The van der Waals surface area contributed by atoms with Crippen LogP contribution in [0, 0.1) is 5.82 Å². The Morgan fingerprint density at radius 2 is 1.84 bits per heavy atom. The number of rotatable bonds is 4. The lowest BCUT2D eigenvalue weighted by atomic mass is 10.1. The summed E-state index contributed by atoms with van der Waals surface area (Å²) in [6.07, 6.45) is 1.44. The number of likely N-dealkylation sites (N-methyl/N-ethyl adjacent to an activating group) is 1. The van der Waals surface area contributed by atoms with Crippen molar-refractivity contribution in [2.24, 2.45) is 0 Å². The predicted octanol–water partition coefficient (Wildman–Crippen LogP) is 0.738. The van der Waals surface area contributed by atoms with Crippen LogP contribution in [0.4, 0.5) is 10.1 Å². The highest BCUT2D eigenvalue weighted by Crippen LogP contribution is 2.27. The number of likely N-dealkylation sites (tertiary alicyclic amines) is 1. The number of pyridine rings is 1. The Morgan fingerprint density at radius 3 is 2.39 bits per heavy atom. The molecule has 0 spiro atoms. The van der Waals surface area contributed by atoms with Gasteiger partial charge in [-0.05, 0) is 19.1 Å². The molecular weight excluding hydrogens is 407 g/mol. The molecule has 2 aromatic rings. The van der Waals surface area contributed by atoms with Gasteiger partial charge in [-0.15, -0.1) is 0 Å². The number of carboxylic acids is 1. The lowest BCUT2D eigenvalue weighted by molar-refractivity contribution is -0.138. The van der Waals surface area contributed by atoms with E-state index in [1.54, 1.807) is 10.6 Å². The van der Waals surface area contributed by atoms with E-state index in [2.05, 4.69) is 0 Å².